The van der Waals surface area contributed by atoms with Crippen LogP contribution in [0.1, 0.15) is 30.6 Å². The van der Waals surface area contributed by atoms with Crippen LogP contribution in [0.3, 0.4) is 0 Å². The number of carbonyl (C=O) groups excluding carboxylic acids is 2. The van der Waals surface area contributed by atoms with Crippen molar-refractivity contribution in [3.63, 3.8) is 0 Å². The van der Waals surface area contributed by atoms with Gasteiger partial charge in [-0.25, -0.2) is 13.2 Å². The molecule has 9 nitrogen and oxygen atoms in total. The molecule has 1 aromatic rings. The number of amides is 1. The fourth-order valence-corrected chi connectivity index (χ4v) is 2.56. The van der Waals surface area contributed by atoms with Crippen LogP contribution in [0.4, 0.5) is 5.69 Å². The Morgan fingerprint density at radius 3 is 2.50 bits per heavy atom. The van der Waals surface area contributed by atoms with Gasteiger partial charge in [-0.3, -0.25) is 14.9 Å². The molecule has 0 heterocycles. The van der Waals surface area contributed by atoms with Crippen LogP contribution in [-0.4, -0.2) is 44.1 Å². The van der Waals surface area contributed by atoms with Gasteiger partial charge in [-0.1, -0.05) is 6.92 Å². The van der Waals surface area contributed by atoms with Gasteiger partial charge in [-0.15, -0.1) is 0 Å². The SMILES string of the molecule is CC[C@@H](C)NC(=O)COC(=O)c1ccc(S(C)(=O)=O)c([N+](=O)[O-])c1. The molecule has 0 unspecified atom stereocenters. The molecular weight excluding hydrogens is 340 g/mol. The third kappa shape index (κ3) is 5.30. The zero-order valence-corrected chi connectivity index (χ0v) is 14.3. The molecule has 0 aliphatic heterocycles. The smallest absolute Gasteiger partial charge is 0.338 e. The maximum atomic E-state index is 11.9. The first-order chi connectivity index (χ1) is 11.1. The molecule has 1 atom stereocenters. The molecule has 0 aliphatic carbocycles. The summed E-state index contributed by atoms with van der Waals surface area (Å²) in [6, 6.07) is 2.79. The highest BCUT2D eigenvalue weighted by Crippen LogP contribution is 2.25. The molecule has 0 saturated carbocycles. The fraction of sp³-hybridized carbons (Fsp3) is 0.429. The van der Waals surface area contributed by atoms with Crippen molar-refractivity contribution >= 4 is 27.4 Å². The molecular formula is C14H18N2O7S. The molecule has 0 radical (unpaired) electrons. The van der Waals surface area contributed by atoms with E-state index in [1.54, 1.807) is 6.92 Å². The lowest BCUT2D eigenvalue weighted by molar-refractivity contribution is -0.387. The van der Waals surface area contributed by atoms with Crippen molar-refractivity contribution in [2.75, 3.05) is 12.9 Å². The normalized spacial score (nSPS) is 12.3. The summed E-state index contributed by atoms with van der Waals surface area (Å²) in [6.07, 6.45) is 1.53. The van der Waals surface area contributed by atoms with Crippen molar-refractivity contribution in [3.8, 4) is 0 Å². The highest BCUT2D eigenvalue weighted by Gasteiger charge is 2.24. The third-order valence-corrected chi connectivity index (χ3v) is 4.29. The van der Waals surface area contributed by atoms with Gasteiger partial charge >= 0.3 is 5.97 Å². The summed E-state index contributed by atoms with van der Waals surface area (Å²) >= 11 is 0. The quantitative estimate of drug-likeness (QED) is 0.438. The minimum absolute atomic E-state index is 0.0775. The minimum atomic E-state index is -3.82. The van der Waals surface area contributed by atoms with Gasteiger partial charge in [0.05, 0.1) is 10.5 Å². The number of benzene rings is 1. The molecule has 10 heteroatoms. The van der Waals surface area contributed by atoms with Crippen molar-refractivity contribution < 1.29 is 27.7 Å². The number of hydrogen-bond acceptors (Lipinski definition) is 7. The molecule has 0 spiro atoms. The maximum absolute atomic E-state index is 11.9. The molecule has 0 aromatic heterocycles. The highest BCUT2D eigenvalue weighted by atomic mass is 32.2. The van der Waals surface area contributed by atoms with Gasteiger partial charge < -0.3 is 10.1 Å². The predicted molar refractivity (Wildman–Crippen MR) is 84.4 cm³/mol. The highest BCUT2D eigenvalue weighted by molar-refractivity contribution is 7.90. The van der Waals surface area contributed by atoms with Gasteiger partial charge in [0.1, 0.15) is 4.90 Å². The van der Waals surface area contributed by atoms with Crippen LogP contribution < -0.4 is 5.32 Å². The summed E-state index contributed by atoms with van der Waals surface area (Å²) in [7, 11) is -3.82. The van der Waals surface area contributed by atoms with Crippen LogP contribution in [0, 0.1) is 10.1 Å². The molecule has 0 aliphatic rings. The van der Waals surface area contributed by atoms with Crippen LogP contribution in [0.25, 0.3) is 0 Å². The van der Waals surface area contributed by atoms with E-state index < -0.39 is 43.8 Å². The molecule has 1 rings (SSSR count). The van der Waals surface area contributed by atoms with Gasteiger partial charge in [0, 0.05) is 18.4 Å². The topological polar surface area (TPSA) is 133 Å². The van der Waals surface area contributed by atoms with E-state index in [0.29, 0.717) is 6.42 Å². The summed E-state index contributed by atoms with van der Waals surface area (Å²) < 4.78 is 27.8. The number of nitrogens with one attached hydrogen (secondary N) is 1. The lowest BCUT2D eigenvalue weighted by Gasteiger charge is -2.11. The summed E-state index contributed by atoms with van der Waals surface area (Å²) in [5, 5.41) is 13.6. The summed E-state index contributed by atoms with van der Waals surface area (Å²) in [4.78, 5) is 33.0. The number of carbonyl (C=O) groups is 2. The molecule has 0 saturated heterocycles. The van der Waals surface area contributed by atoms with Crippen molar-refractivity contribution in [1.82, 2.24) is 5.32 Å². The lowest BCUT2D eigenvalue weighted by Crippen LogP contribution is -2.35. The predicted octanol–water partition coefficient (Wildman–Crippen LogP) is 1.07. The Labute approximate surface area is 139 Å². The Balaban J connectivity index is 2.91. The molecule has 1 N–H and O–H groups in total. The molecule has 132 valence electrons. The Kier molecular flexibility index (Phi) is 6.41. The second-order valence-corrected chi connectivity index (χ2v) is 7.15. The van der Waals surface area contributed by atoms with Crippen LogP contribution in [0.2, 0.25) is 0 Å². The van der Waals surface area contributed by atoms with Crippen LogP contribution in [-0.2, 0) is 19.4 Å². The molecule has 0 bridgehead atoms. The van der Waals surface area contributed by atoms with Crippen molar-refractivity contribution in [2.24, 2.45) is 0 Å². The van der Waals surface area contributed by atoms with Gasteiger partial charge in [-0.2, -0.15) is 0 Å². The summed E-state index contributed by atoms with van der Waals surface area (Å²) in [6.45, 7) is 3.12. The number of nitrogens with zero attached hydrogens (tertiary/aromatic N) is 1. The Morgan fingerprint density at radius 2 is 2.00 bits per heavy atom. The average Bonchev–Trinajstić information content (AvgIpc) is 2.50. The number of ether oxygens (including phenoxy) is 1. The van der Waals surface area contributed by atoms with E-state index in [0.717, 1.165) is 24.5 Å². The van der Waals surface area contributed by atoms with Gasteiger partial charge in [0.25, 0.3) is 11.6 Å². The largest absolute Gasteiger partial charge is 0.452 e. The first kappa shape index (κ1) is 19.6. The van der Waals surface area contributed by atoms with Gasteiger partial charge in [0.2, 0.25) is 0 Å². The molecule has 1 aromatic carbocycles. The number of hydrogen-bond donors (Lipinski definition) is 1. The lowest BCUT2D eigenvalue weighted by atomic mass is 10.2. The van der Waals surface area contributed by atoms with Crippen molar-refractivity contribution in [3.05, 3.63) is 33.9 Å². The standard InChI is InChI=1S/C14H18N2O7S/c1-4-9(2)15-13(17)8-23-14(18)10-5-6-12(24(3,21)22)11(7-10)16(19)20/h5-7,9H,4,8H2,1-3H3,(H,15,17)/t9-/m1/s1. The molecule has 0 fully saturated rings. The van der Waals surface area contributed by atoms with E-state index >= 15 is 0 Å². The zero-order chi connectivity index (χ0) is 18.5. The van der Waals surface area contributed by atoms with Crippen LogP contribution >= 0.6 is 0 Å². The number of sulfone groups is 1. The van der Waals surface area contributed by atoms with E-state index in [1.807, 2.05) is 6.92 Å². The van der Waals surface area contributed by atoms with E-state index in [1.165, 1.54) is 0 Å². The van der Waals surface area contributed by atoms with Gasteiger partial charge in [-0.05, 0) is 25.5 Å². The minimum Gasteiger partial charge on any atom is -0.452 e. The first-order valence-corrected chi connectivity index (χ1v) is 8.90. The van der Waals surface area contributed by atoms with Gasteiger partial charge in [0.15, 0.2) is 16.4 Å². The Bertz CT molecular complexity index is 758. The van der Waals surface area contributed by atoms with Crippen molar-refractivity contribution in [2.45, 2.75) is 31.2 Å². The number of rotatable bonds is 7. The average molecular weight is 358 g/mol. The number of nitro benzene ring substituents is 1. The molecule has 24 heavy (non-hydrogen) atoms. The Morgan fingerprint density at radius 1 is 1.38 bits per heavy atom. The second-order valence-electron chi connectivity index (χ2n) is 5.16. The van der Waals surface area contributed by atoms with E-state index in [2.05, 4.69) is 5.32 Å². The summed E-state index contributed by atoms with van der Waals surface area (Å²) in [5.74, 6) is -1.46. The number of esters is 1. The maximum Gasteiger partial charge on any atom is 0.338 e. The first-order valence-electron chi connectivity index (χ1n) is 7.01. The Hall–Kier alpha value is -2.49. The molecule has 1 amide bonds. The van der Waals surface area contributed by atoms with E-state index in [9.17, 15) is 28.1 Å². The van der Waals surface area contributed by atoms with E-state index in [-0.39, 0.29) is 11.6 Å². The zero-order valence-electron chi connectivity index (χ0n) is 13.4. The van der Waals surface area contributed by atoms with E-state index in [4.69, 9.17) is 4.74 Å². The van der Waals surface area contributed by atoms with Crippen LogP contribution in [0.5, 0.6) is 0 Å². The fourth-order valence-electron chi connectivity index (χ4n) is 1.73. The number of nitro groups is 1. The monoisotopic (exact) mass is 358 g/mol. The van der Waals surface area contributed by atoms with Crippen molar-refractivity contribution in [1.29, 1.82) is 0 Å². The second kappa shape index (κ2) is 7.86. The summed E-state index contributed by atoms with van der Waals surface area (Å²) in [5.41, 5.74) is -0.943. The van der Waals surface area contributed by atoms with Crippen LogP contribution in [0.15, 0.2) is 23.1 Å². The third-order valence-electron chi connectivity index (χ3n) is 3.14.